The van der Waals surface area contributed by atoms with Gasteiger partial charge in [0, 0.05) is 61.9 Å². The van der Waals surface area contributed by atoms with Gasteiger partial charge in [0.25, 0.3) is 6.71 Å². The van der Waals surface area contributed by atoms with Crippen molar-refractivity contribution in [1.82, 2.24) is 4.57 Å². The number of anilines is 3. The van der Waals surface area contributed by atoms with Crippen molar-refractivity contribution in [1.29, 1.82) is 0 Å². The zero-order chi connectivity index (χ0) is 41.9. The molecule has 0 aliphatic carbocycles. The zero-order valence-corrected chi connectivity index (χ0v) is 34.4. The van der Waals surface area contributed by atoms with Crippen LogP contribution in [0.5, 0.6) is 23.0 Å². The highest BCUT2D eigenvalue weighted by Crippen LogP contribution is 2.44. The van der Waals surface area contributed by atoms with Gasteiger partial charge in [-0.25, -0.2) is 0 Å². The molecule has 12 aromatic rings. The fourth-order valence-electron chi connectivity index (χ4n) is 10.3. The molecule has 0 fully saturated rings. The largest absolute Gasteiger partial charge is 0.458 e. The number of aromatic nitrogens is 1. The van der Waals surface area contributed by atoms with Crippen LogP contribution in [0.25, 0.3) is 71.3 Å². The van der Waals surface area contributed by atoms with E-state index >= 15 is 0 Å². The molecule has 4 heterocycles. The minimum atomic E-state index is -0.160. The van der Waals surface area contributed by atoms with Crippen LogP contribution in [0.4, 0.5) is 17.1 Å². The topological polar surface area (TPSA) is 39.8 Å². The minimum absolute atomic E-state index is 0.160. The molecule has 2 aliphatic heterocycles. The number of hydrogen-bond acceptors (Lipinski definition) is 4. The Balaban J connectivity index is 1.03. The van der Waals surface area contributed by atoms with Crippen molar-refractivity contribution in [3.63, 3.8) is 0 Å². The van der Waals surface area contributed by atoms with Crippen LogP contribution < -0.4 is 30.8 Å². The van der Waals surface area contributed by atoms with Gasteiger partial charge in [-0.2, -0.15) is 0 Å². The van der Waals surface area contributed by atoms with E-state index < -0.39 is 0 Å². The molecule has 298 valence electrons. The summed E-state index contributed by atoms with van der Waals surface area (Å²) in [4.78, 5) is 2.32. The van der Waals surface area contributed by atoms with E-state index in [9.17, 15) is 0 Å². The van der Waals surface area contributed by atoms with Crippen LogP contribution >= 0.6 is 0 Å². The summed E-state index contributed by atoms with van der Waals surface area (Å²) >= 11 is 0. The van der Waals surface area contributed by atoms with Gasteiger partial charge in [-0.15, -0.1) is 0 Å². The van der Waals surface area contributed by atoms with E-state index in [0.717, 1.165) is 117 Å². The third-order valence-electron chi connectivity index (χ3n) is 13.2. The van der Waals surface area contributed by atoms with E-state index in [-0.39, 0.29) is 6.71 Å². The predicted octanol–water partition coefficient (Wildman–Crippen LogP) is 13.7. The average molecular weight is 819 g/mol. The zero-order valence-electron chi connectivity index (χ0n) is 34.4. The molecule has 2 aliphatic rings. The third-order valence-corrected chi connectivity index (χ3v) is 13.2. The summed E-state index contributed by atoms with van der Waals surface area (Å²) in [5.74, 6) is 3.20. The number of para-hydroxylation sites is 4. The molecule has 6 heteroatoms. The molecule has 0 radical (unpaired) electrons. The van der Waals surface area contributed by atoms with Gasteiger partial charge >= 0.3 is 0 Å². The van der Waals surface area contributed by atoms with Crippen LogP contribution in [0.15, 0.2) is 217 Å². The van der Waals surface area contributed by atoms with Gasteiger partial charge in [-0.1, -0.05) is 127 Å². The van der Waals surface area contributed by atoms with E-state index in [1.54, 1.807) is 0 Å². The molecule has 0 saturated heterocycles. The highest BCUT2D eigenvalue weighted by molar-refractivity contribution is 6.98. The van der Waals surface area contributed by atoms with Crippen LogP contribution in [0.1, 0.15) is 0 Å². The summed E-state index contributed by atoms with van der Waals surface area (Å²) in [6, 6.07) is 75.4. The van der Waals surface area contributed by atoms with Crippen LogP contribution in [0.2, 0.25) is 0 Å². The van der Waals surface area contributed by atoms with Crippen molar-refractivity contribution in [3.05, 3.63) is 212 Å². The van der Waals surface area contributed by atoms with Gasteiger partial charge < -0.3 is 23.4 Å². The van der Waals surface area contributed by atoms with Gasteiger partial charge in [-0.3, -0.25) is 0 Å². The molecule has 0 spiro atoms. The van der Waals surface area contributed by atoms with Gasteiger partial charge in [0.1, 0.15) is 34.2 Å². The number of hydrogen-bond donors (Lipinski definition) is 0. The Morgan fingerprint density at radius 3 is 1.75 bits per heavy atom. The second kappa shape index (κ2) is 13.5. The Kier molecular flexibility index (Phi) is 7.42. The second-order valence-corrected chi connectivity index (χ2v) is 16.9. The Bertz CT molecular complexity index is 3820. The van der Waals surface area contributed by atoms with Crippen LogP contribution in [0.3, 0.4) is 0 Å². The number of ether oxygens (including phenoxy) is 2. The Morgan fingerprint density at radius 1 is 0.375 bits per heavy atom. The Morgan fingerprint density at radius 2 is 1.00 bits per heavy atom. The molecule has 64 heavy (non-hydrogen) atoms. The predicted molar refractivity (Wildman–Crippen MR) is 263 cm³/mol. The van der Waals surface area contributed by atoms with E-state index in [1.165, 1.54) is 10.8 Å². The number of nitrogens with zero attached hydrogens (tertiary/aromatic N) is 2. The Hall–Kier alpha value is -8.48. The minimum Gasteiger partial charge on any atom is -0.458 e. The molecule has 0 saturated carbocycles. The van der Waals surface area contributed by atoms with Crippen molar-refractivity contribution in [3.8, 4) is 39.8 Å². The number of benzene rings is 10. The first-order valence-electron chi connectivity index (χ1n) is 21.8. The standard InChI is InChI=1S/C58H35BN2O3/c1-4-16-40(17-5-1)60(41-18-6-2-7-19-41)43-26-27-44-46-32-48-54(34-51(46)61(50(44)31-43)42-20-8-3-9-21-42)63-56-29-39(38-25-24-36-14-10-11-15-37(36)28-38)30-57-58(56)59(48)49-33-47-45-22-12-13-23-52(45)62-53(47)35-55(49)64-57/h1-35H. The molecule has 5 nitrogen and oxygen atoms in total. The number of fused-ring (bicyclic) bond motifs is 11. The lowest BCUT2D eigenvalue weighted by atomic mass is 9.34. The smallest absolute Gasteiger partial charge is 0.260 e. The molecule has 0 bridgehead atoms. The summed E-state index contributed by atoms with van der Waals surface area (Å²) in [5, 5.41) is 6.85. The van der Waals surface area contributed by atoms with Crippen molar-refractivity contribution < 1.29 is 13.9 Å². The lowest BCUT2D eigenvalue weighted by Crippen LogP contribution is -2.57. The summed E-state index contributed by atoms with van der Waals surface area (Å²) in [7, 11) is 0. The highest BCUT2D eigenvalue weighted by atomic mass is 16.5. The van der Waals surface area contributed by atoms with Crippen LogP contribution in [-0.2, 0) is 0 Å². The molecule has 0 amide bonds. The normalized spacial score (nSPS) is 12.6. The summed E-state index contributed by atoms with van der Waals surface area (Å²) in [6.07, 6.45) is 0. The lowest BCUT2D eigenvalue weighted by molar-refractivity contribution is 0.465. The maximum Gasteiger partial charge on any atom is 0.260 e. The molecular weight excluding hydrogens is 783 g/mol. The molecule has 14 rings (SSSR count). The van der Waals surface area contributed by atoms with Gasteiger partial charge in [0.2, 0.25) is 0 Å². The van der Waals surface area contributed by atoms with Gasteiger partial charge in [-0.05, 0) is 106 Å². The highest BCUT2D eigenvalue weighted by Gasteiger charge is 2.42. The third kappa shape index (κ3) is 5.26. The van der Waals surface area contributed by atoms with E-state index in [4.69, 9.17) is 13.9 Å². The Labute approximate surface area is 368 Å². The van der Waals surface area contributed by atoms with Crippen molar-refractivity contribution in [2.24, 2.45) is 0 Å². The van der Waals surface area contributed by atoms with E-state index in [2.05, 4.69) is 210 Å². The molecule has 0 N–H and O–H groups in total. The van der Waals surface area contributed by atoms with E-state index in [1.807, 2.05) is 12.1 Å². The number of furan rings is 1. The molecule has 10 aromatic carbocycles. The first kappa shape index (κ1) is 35.2. The van der Waals surface area contributed by atoms with Crippen molar-refractivity contribution in [2.45, 2.75) is 0 Å². The molecule has 0 unspecified atom stereocenters. The monoisotopic (exact) mass is 818 g/mol. The summed E-state index contributed by atoms with van der Waals surface area (Å²) in [5.41, 5.74) is 13.5. The second-order valence-electron chi connectivity index (χ2n) is 16.9. The van der Waals surface area contributed by atoms with Crippen molar-refractivity contribution >= 4 is 94.7 Å². The average Bonchev–Trinajstić information content (AvgIpc) is 3.87. The first-order valence-corrected chi connectivity index (χ1v) is 21.8. The molecule has 2 aromatic heterocycles. The first-order chi connectivity index (χ1) is 31.7. The van der Waals surface area contributed by atoms with Gasteiger partial charge in [0.15, 0.2) is 0 Å². The maximum absolute atomic E-state index is 7.18. The summed E-state index contributed by atoms with van der Waals surface area (Å²) < 4.78 is 23.0. The summed E-state index contributed by atoms with van der Waals surface area (Å²) in [6.45, 7) is -0.160. The van der Waals surface area contributed by atoms with Crippen LogP contribution in [-0.4, -0.2) is 11.3 Å². The van der Waals surface area contributed by atoms with E-state index in [0.29, 0.717) is 0 Å². The maximum atomic E-state index is 7.18. The van der Waals surface area contributed by atoms with Crippen molar-refractivity contribution in [2.75, 3.05) is 4.90 Å². The number of rotatable bonds is 5. The molecule has 0 atom stereocenters. The lowest BCUT2D eigenvalue weighted by Gasteiger charge is -2.33. The fourth-order valence-corrected chi connectivity index (χ4v) is 10.3. The fraction of sp³-hybridized carbons (Fsp3) is 0. The molecular formula is C58H35BN2O3. The van der Waals surface area contributed by atoms with Gasteiger partial charge in [0.05, 0.1) is 11.0 Å². The SMILES string of the molecule is c1ccc(N(c2ccccc2)c2ccc3c4cc5c(cc4n(-c4ccccc4)c3c2)Oc2cc(-c3ccc4ccccc4c3)cc3c2B5c2cc4c(cc2O3)oc2ccccc24)cc1. The van der Waals surface area contributed by atoms with Crippen LogP contribution in [0, 0.1) is 0 Å². The quantitative estimate of drug-likeness (QED) is 0.162.